The molecule has 1 atom stereocenters. The van der Waals surface area contributed by atoms with Gasteiger partial charge in [0.2, 0.25) is 5.82 Å². The number of nitrogens with zero attached hydrogens (tertiary/aromatic N) is 5. The second-order valence-electron chi connectivity index (χ2n) is 3.95. The molecule has 10 heteroatoms. The van der Waals surface area contributed by atoms with Crippen LogP contribution in [0.5, 0.6) is 0 Å². The van der Waals surface area contributed by atoms with Gasteiger partial charge < -0.3 is 9.84 Å². The maximum absolute atomic E-state index is 11.0. The number of aromatic amines is 1. The third-order valence-corrected chi connectivity index (χ3v) is 2.55. The number of carboxylic acid groups (broad SMARTS) is 1. The maximum Gasteiger partial charge on any atom is 0.306 e. The number of tetrazole rings is 1. The minimum absolute atomic E-state index is 0.159. The third-order valence-electron chi connectivity index (χ3n) is 2.55. The first kappa shape index (κ1) is 13.8. The quantitative estimate of drug-likeness (QED) is 0.681. The monoisotopic (exact) mass is 280 g/mol. The molecule has 10 nitrogen and oxygen atoms in total. The van der Waals surface area contributed by atoms with Crippen molar-refractivity contribution in [3.8, 4) is 11.5 Å². The van der Waals surface area contributed by atoms with E-state index in [9.17, 15) is 9.59 Å². The summed E-state index contributed by atoms with van der Waals surface area (Å²) in [5.74, 6) is -0.665. The fraction of sp³-hybridized carbons (Fsp3) is 0.400. The van der Waals surface area contributed by atoms with Crippen LogP contribution >= 0.6 is 0 Å². The molecule has 0 spiro atoms. The van der Waals surface area contributed by atoms with E-state index < -0.39 is 12.1 Å². The van der Waals surface area contributed by atoms with E-state index >= 15 is 0 Å². The van der Waals surface area contributed by atoms with Gasteiger partial charge in [0.25, 0.3) is 5.56 Å². The zero-order chi connectivity index (χ0) is 14.5. The highest BCUT2D eigenvalue weighted by atomic mass is 16.5. The topological polar surface area (TPSA) is 136 Å². The van der Waals surface area contributed by atoms with Crippen LogP contribution in [0.4, 0.5) is 0 Å². The second-order valence-corrected chi connectivity index (χ2v) is 3.95. The van der Waals surface area contributed by atoms with Crippen LogP contribution < -0.4 is 5.56 Å². The molecule has 2 aromatic rings. The molecule has 0 saturated carbocycles. The van der Waals surface area contributed by atoms with Gasteiger partial charge in [-0.05, 0) is 16.5 Å². The molecule has 0 radical (unpaired) electrons. The fourth-order valence-corrected chi connectivity index (χ4v) is 1.59. The van der Waals surface area contributed by atoms with Gasteiger partial charge in [0.1, 0.15) is 5.69 Å². The predicted molar refractivity (Wildman–Crippen MR) is 64.7 cm³/mol. The number of aromatic nitrogens is 6. The molecule has 0 fully saturated rings. The summed E-state index contributed by atoms with van der Waals surface area (Å²) in [6.45, 7) is 0.159. The number of carboxylic acids is 1. The third kappa shape index (κ3) is 3.23. The number of rotatable bonds is 6. The smallest absolute Gasteiger partial charge is 0.306 e. The van der Waals surface area contributed by atoms with Crippen LogP contribution in [0.3, 0.4) is 0 Å². The number of H-pyrrole nitrogens is 1. The molecular formula is C10H12N6O4. The van der Waals surface area contributed by atoms with Crippen molar-refractivity contribution in [2.24, 2.45) is 0 Å². The Morgan fingerprint density at radius 3 is 2.95 bits per heavy atom. The predicted octanol–water partition coefficient (Wildman–Crippen LogP) is -1.09. The largest absolute Gasteiger partial charge is 0.481 e. The molecule has 0 bridgehead atoms. The molecule has 2 rings (SSSR count). The van der Waals surface area contributed by atoms with Gasteiger partial charge in [-0.15, -0.1) is 5.10 Å². The summed E-state index contributed by atoms with van der Waals surface area (Å²) in [6, 6.07) is 2.77. The molecule has 0 aromatic carbocycles. The second kappa shape index (κ2) is 6.02. The highest BCUT2D eigenvalue weighted by molar-refractivity contribution is 5.67. The number of hydrogen-bond acceptors (Lipinski definition) is 7. The molecule has 106 valence electrons. The van der Waals surface area contributed by atoms with Crippen LogP contribution in [-0.2, 0) is 16.1 Å². The standard InChI is InChI=1S/C10H12N6O4/c1-20-6(4-9(18)19)5-16-10(13-14-15-16)7-2-3-8(17)12-11-7/h2-3,6H,4-5H2,1H3,(H,12,17)(H,18,19). The minimum Gasteiger partial charge on any atom is -0.481 e. The van der Waals surface area contributed by atoms with Gasteiger partial charge in [-0.1, -0.05) is 0 Å². The van der Waals surface area contributed by atoms with Crippen LogP contribution in [0.15, 0.2) is 16.9 Å². The number of aliphatic carboxylic acids is 1. The Morgan fingerprint density at radius 2 is 2.35 bits per heavy atom. The van der Waals surface area contributed by atoms with Crippen LogP contribution in [0, 0.1) is 0 Å². The summed E-state index contributed by atoms with van der Waals surface area (Å²) in [5, 5.41) is 25.9. The van der Waals surface area contributed by atoms with Crippen molar-refractivity contribution < 1.29 is 14.6 Å². The van der Waals surface area contributed by atoms with E-state index in [0.29, 0.717) is 11.5 Å². The first-order chi connectivity index (χ1) is 9.60. The molecule has 0 aliphatic carbocycles. The van der Waals surface area contributed by atoms with Gasteiger partial charge in [0.05, 0.1) is 19.1 Å². The van der Waals surface area contributed by atoms with E-state index in [4.69, 9.17) is 9.84 Å². The number of hydrogen-bond donors (Lipinski definition) is 2. The lowest BCUT2D eigenvalue weighted by Crippen LogP contribution is -2.23. The van der Waals surface area contributed by atoms with E-state index in [1.54, 1.807) is 0 Å². The summed E-state index contributed by atoms with van der Waals surface area (Å²) < 4.78 is 6.44. The number of methoxy groups -OCH3 is 1. The van der Waals surface area contributed by atoms with Crippen molar-refractivity contribution in [1.82, 2.24) is 30.4 Å². The molecule has 0 saturated heterocycles. The maximum atomic E-state index is 11.0. The van der Waals surface area contributed by atoms with E-state index in [1.165, 1.54) is 23.9 Å². The Kier molecular flexibility index (Phi) is 4.15. The number of carbonyl (C=O) groups is 1. The van der Waals surface area contributed by atoms with Gasteiger partial charge >= 0.3 is 5.97 Å². The van der Waals surface area contributed by atoms with E-state index in [-0.39, 0.29) is 18.5 Å². The summed E-state index contributed by atoms with van der Waals surface area (Å²) in [5.41, 5.74) is 0.0354. The van der Waals surface area contributed by atoms with Gasteiger partial charge in [-0.2, -0.15) is 5.10 Å². The molecule has 1 unspecified atom stereocenters. The van der Waals surface area contributed by atoms with Crippen molar-refractivity contribution in [3.05, 3.63) is 22.5 Å². The lowest BCUT2D eigenvalue weighted by Gasteiger charge is -2.13. The zero-order valence-electron chi connectivity index (χ0n) is 10.6. The fourth-order valence-electron chi connectivity index (χ4n) is 1.59. The van der Waals surface area contributed by atoms with Crippen molar-refractivity contribution in [3.63, 3.8) is 0 Å². The van der Waals surface area contributed by atoms with Crippen molar-refractivity contribution in [2.75, 3.05) is 7.11 Å². The Morgan fingerprint density at radius 1 is 1.55 bits per heavy atom. The molecule has 0 amide bonds. The minimum atomic E-state index is -0.978. The van der Waals surface area contributed by atoms with E-state index in [1.807, 2.05) is 0 Å². The molecular weight excluding hydrogens is 268 g/mol. The average molecular weight is 280 g/mol. The Balaban J connectivity index is 2.22. The summed E-state index contributed by atoms with van der Waals surface area (Å²) >= 11 is 0. The van der Waals surface area contributed by atoms with Crippen molar-refractivity contribution in [2.45, 2.75) is 19.1 Å². The SMILES string of the molecule is COC(CC(=O)O)Cn1nnnc1-c1ccc(=O)[nH]n1. The highest BCUT2D eigenvalue weighted by Crippen LogP contribution is 2.11. The molecule has 2 heterocycles. The zero-order valence-corrected chi connectivity index (χ0v) is 10.6. The lowest BCUT2D eigenvalue weighted by atomic mass is 10.2. The van der Waals surface area contributed by atoms with E-state index in [0.717, 1.165) is 0 Å². The molecule has 2 aromatic heterocycles. The first-order valence-corrected chi connectivity index (χ1v) is 5.67. The normalized spacial score (nSPS) is 12.2. The highest BCUT2D eigenvalue weighted by Gasteiger charge is 2.18. The Bertz CT molecular complexity index is 631. The molecule has 0 aliphatic rings. The van der Waals surface area contributed by atoms with Crippen LogP contribution in [0.25, 0.3) is 11.5 Å². The lowest BCUT2D eigenvalue weighted by molar-refractivity contribution is -0.139. The summed E-state index contributed by atoms with van der Waals surface area (Å²) in [7, 11) is 1.41. The Labute approximate surface area is 112 Å². The van der Waals surface area contributed by atoms with Crippen LogP contribution in [0.2, 0.25) is 0 Å². The number of ether oxygens (including phenoxy) is 1. The molecule has 20 heavy (non-hydrogen) atoms. The average Bonchev–Trinajstić information content (AvgIpc) is 2.86. The van der Waals surface area contributed by atoms with Crippen LogP contribution in [-0.4, -0.2) is 54.7 Å². The van der Waals surface area contributed by atoms with Crippen molar-refractivity contribution in [1.29, 1.82) is 0 Å². The molecule has 0 aliphatic heterocycles. The van der Waals surface area contributed by atoms with Gasteiger partial charge in [0.15, 0.2) is 0 Å². The van der Waals surface area contributed by atoms with Gasteiger partial charge in [-0.25, -0.2) is 9.78 Å². The summed E-state index contributed by atoms with van der Waals surface area (Å²) in [4.78, 5) is 21.7. The first-order valence-electron chi connectivity index (χ1n) is 5.67. The molecule has 2 N–H and O–H groups in total. The van der Waals surface area contributed by atoms with E-state index in [2.05, 4.69) is 25.7 Å². The van der Waals surface area contributed by atoms with Crippen molar-refractivity contribution >= 4 is 5.97 Å². The number of nitrogens with one attached hydrogen (secondary N) is 1. The van der Waals surface area contributed by atoms with Crippen LogP contribution in [0.1, 0.15) is 6.42 Å². The summed E-state index contributed by atoms with van der Waals surface area (Å²) in [6.07, 6.45) is -0.744. The van der Waals surface area contributed by atoms with Gasteiger partial charge in [0, 0.05) is 13.2 Å². The van der Waals surface area contributed by atoms with Gasteiger partial charge in [-0.3, -0.25) is 9.59 Å². The Hall–Kier alpha value is -2.62.